The van der Waals surface area contributed by atoms with E-state index >= 15 is 0 Å². The minimum Gasteiger partial charge on any atom is -0.505 e. The highest BCUT2D eigenvalue weighted by molar-refractivity contribution is 5.81. The molecule has 0 heterocycles. The smallest absolute Gasteiger partial charge is 0.153 e. The molecule has 2 aromatic rings. The summed E-state index contributed by atoms with van der Waals surface area (Å²) in [7, 11) is 0. The maximum absolute atomic E-state index is 10.9. The van der Waals surface area contributed by atoms with Crippen molar-refractivity contribution in [3.8, 4) is 0 Å². The Morgan fingerprint density at radius 2 is 1.41 bits per heavy atom. The molecule has 0 amide bonds. The third-order valence-corrected chi connectivity index (χ3v) is 3.15. The number of para-hydroxylation sites is 2. The van der Waals surface area contributed by atoms with Crippen molar-refractivity contribution in [1.29, 1.82) is 0 Å². The van der Waals surface area contributed by atoms with Crippen molar-refractivity contribution in [2.24, 2.45) is 0 Å². The number of aliphatic hydroxyl groups excluding tert-OH is 1. The van der Waals surface area contributed by atoms with Crippen LogP contribution in [0.5, 0.6) is 0 Å². The molecule has 0 bridgehead atoms. The molecule has 0 saturated carbocycles. The molecule has 22 heavy (non-hydrogen) atoms. The summed E-state index contributed by atoms with van der Waals surface area (Å²) >= 11 is 0. The summed E-state index contributed by atoms with van der Waals surface area (Å²) < 4.78 is 0. The molecular formula is C19H17NO2. The summed E-state index contributed by atoms with van der Waals surface area (Å²) in [5.74, 6) is -0.197. The fourth-order valence-electron chi connectivity index (χ4n) is 2.10. The molecule has 110 valence electrons. The molecule has 0 aliphatic heterocycles. The minimum atomic E-state index is -0.197. The van der Waals surface area contributed by atoms with Crippen LogP contribution in [0, 0.1) is 0 Å². The van der Waals surface area contributed by atoms with Crippen molar-refractivity contribution in [2.45, 2.75) is 0 Å². The van der Waals surface area contributed by atoms with E-state index in [0.29, 0.717) is 12.0 Å². The number of hydrogen-bond acceptors (Lipinski definition) is 3. The Labute approximate surface area is 130 Å². The number of rotatable bonds is 6. The Kier molecular flexibility index (Phi) is 4.94. The number of benzene rings is 2. The van der Waals surface area contributed by atoms with Crippen LogP contribution < -0.4 is 4.90 Å². The molecule has 3 nitrogen and oxygen atoms in total. The highest BCUT2D eigenvalue weighted by atomic mass is 16.3. The van der Waals surface area contributed by atoms with Crippen molar-refractivity contribution < 1.29 is 9.90 Å². The van der Waals surface area contributed by atoms with Gasteiger partial charge in [-0.25, -0.2) is 0 Å². The average Bonchev–Trinajstić information content (AvgIpc) is 2.59. The number of allylic oxidation sites excluding steroid dienone is 2. The molecule has 0 fully saturated rings. The van der Waals surface area contributed by atoms with Crippen molar-refractivity contribution in [2.75, 3.05) is 4.90 Å². The molecule has 1 N–H and O–H groups in total. The minimum absolute atomic E-state index is 0.00626. The van der Waals surface area contributed by atoms with Crippen LogP contribution in [0.1, 0.15) is 0 Å². The van der Waals surface area contributed by atoms with Crippen LogP contribution in [0.25, 0.3) is 0 Å². The van der Waals surface area contributed by atoms with Gasteiger partial charge in [-0.05, 0) is 30.3 Å². The number of anilines is 2. The Hall–Kier alpha value is -3.07. The summed E-state index contributed by atoms with van der Waals surface area (Å²) in [6, 6.07) is 19.1. The van der Waals surface area contributed by atoms with Crippen LogP contribution in [-0.4, -0.2) is 11.4 Å². The van der Waals surface area contributed by atoms with E-state index < -0.39 is 0 Å². The summed E-state index contributed by atoms with van der Waals surface area (Å²) in [5, 5.41) is 10.3. The van der Waals surface area contributed by atoms with Crippen LogP contribution in [0.3, 0.4) is 0 Å². The van der Waals surface area contributed by atoms with Crippen LogP contribution >= 0.6 is 0 Å². The number of carbonyl (C=O) groups excluding carboxylic acids is 1. The third-order valence-electron chi connectivity index (χ3n) is 3.15. The molecule has 2 rings (SSSR count). The van der Waals surface area contributed by atoms with E-state index in [4.69, 9.17) is 0 Å². The zero-order valence-corrected chi connectivity index (χ0v) is 12.1. The number of hydrogen-bond donors (Lipinski definition) is 1. The van der Waals surface area contributed by atoms with Gasteiger partial charge in [-0.1, -0.05) is 49.6 Å². The van der Waals surface area contributed by atoms with Gasteiger partial charge in [-0.2, -0.15) is 0 Å². The van der Waals surface area contributed by atoms with E-state index in [0.717, 1.165) is 11.4 Å². The van der Waals surface area contributed by atoms with E-state index in [1.165, 1.54) is 6.08 Å². The van der Waals surface area contributed by atoms with Crippen LogP contribution in [0.2, 0.25) is 0 Å². The van der Waals surface area contributed by atoms with Crippen molar-refractivity contribution in [3.63, 3.8) is 0 Å². The SMILES string of the molecule is C=C/C(=C(/O)C(=C)C=O)N(c1ccccc1)c1ccccc1. The van der Waals surface area contributed by atoms with Gasteiger partial charge in [0.1, 0.15) is 5.76 Å². The zero-order chi connectivity index (χ0) is 15.9. The van der Waals surface area contributed by atoms with E-state index in [9.17, 15) is 9.90 Å². The molecule has 2 aromatic carbocycles. The van der Waals surface area contributed by atoms with Gasteiger partial charge >= 0.3 is 0 Å². The van der Waals surface area contributed by atoms with E-state index in [1.54, 1.807) is 0 Å². The molecule has 0 aromatic heterocycles. The lowest BCUT2D eigenvalue weighted by Gasteiger charge is -2.26. The van der Waals surface area contributed by atoms with Gasteiger partial charge in [0.05, 0.1) is 11.3 Å². The Bertz CT molecular complexity index is 663. The second-order valence-corrected chi connectivity index (χ2v) is 4.59. The van der Waals surface area contributed by atoms with Gasteiger partial charge in [0.2, 0.25) is 0 Å². The fourth-order valence-corrected chi connectivity index (χ4v) is 2.10. The van der Waals surface area contributed by atoms with Gasteiger partial charge in [0.15, 0.2) is 6.29 Å². The quantitative estimate of drug-likeness (QED) is 0.368. The van der Waals surface area contributed by atoms with E-state index in [1.807, 2.05) is 65.6 Å². The molecule has 0 saturated heterocycles. The maximum Gasteiger partial charge on any atom is 0.153 e. The van der Waals surface area contributed by atoms with Gasteiger partial charge < -0.3 is 10.0 Å². The lowest BCUT2D eigenvalue weighted by Crippen LogP contribution is -2.17. The summed E-state index contributed by atoms with van der Waals surface area (Å²) in [6.45, 7) is 7.32. The first-order chi connectivity index (χ1) is 10.7. The largest absolute Gasteiger partial charge is 0.505 e. The van der Waals surface area contributed by atoms with Crippen molar-refractivity contribution >= 4 is 17.7 Å². The average molecular weight is 291 g/mol. The predicted octanol–water partition coefficient (Wildman–Crippen LogP) is 4.54. The normalized spacial score (nSPS) is 11.3. The Balaban J connectivity index is 2.65. The van der Waals surface area contributed by atoms with E-state index in [2.05, 4.69) is 13.2 Å². The Morgan fingerprint density at radius 1 is 0.955 bits per heavy atom. The number of aliphatic hydroxyl groups is 1. The molecule has 0 spiro atoms. The van der Waals surface area contributed by atoms with Crippen molar-refractivity contribution in [1.82, 2.24) is 0 Å². The number of nitrogens with zero attached hydrogens (tertiary/aromatic N) is 1. The zero-order valence-electron chi connectivity index (χ0n) is 12.1. The molecule has 0 aliphatic carbocycles. The van der Waals surface area contributed by atoms with E-state index in [-0.39, 0.29) is 11.3 Å². The second kappa shape index (κ2) is 7.09. The van der Waals surface area contributed by atoms with Crippen LogP contribution in [0.15, 0.2) is 96.9 Å². The number of aldehydes is 1. The monoisotopic (exact) mass is 291 g/mol. The standard InChI is InChI=1S/C19H17NO2/c1-3-18(19(22)15(2)14-21)20(16-10-6-4-7-11-16)17-12-8-5-9-13-17/h3-14,22H,1-2H2/b19-18-. The lowest BCUT2D eigenvalue weighted by molar-refractivity contribution is -0.104. The fraction of sp³-hybridized carbons (Fsp3) is 0. The first-order valence-electron chi connectivity index (χ1n) is 6.79. The molecule has 0 atom stereocenters. The van der Waals surface area contributed by atoms with Crippen LogP contribution in [-0.2, 0) is 4.79 Å². The Morgan fingerprint density at radius 3 is 1.77 bits per heavy atom. The summed E-state index contributed by atoms with van der Waals surface area (Å²) in [4.78, 5) is 12.7. The maximum atomic E-state index is 10.9. The van der Waals surface area contributed by atoms with Crippen molar-refractivity contribution in [3.05, 3.63) is 96.9 Å². The predicted molar refractivity (Wildman–Crippen MR) is 90.1 cm³/mol. The van der Waals surface area contributed by atoms with Gasteiger partial charge in [0.25, 0.3) is 0 Å². The molecule has 0 radical (unpaired) electrons. The molecule has 0 unspecified atom stereocenters. The first-order valence-corrected chi connectivity index (χ1v) is 6.79. The summed E-state index contributed by atoms with van der Waals surface area (Å²) in [6.07, 6.45) is 2.02. The third kappa shape index (κ3) is 3.15. The first kappa shape index (κ1) is 15.3. The highest BCUT2D eigenvalue weighted by Gasteiger charge is 2.17. The second-order valence-electron chi connectivity index (χ2n) is 4.59. The summed E-state index contributed by atoms with van der Waals surface area (Å²) in [5.41, 5.74) is 2.09. The van der Waals surface area contributed by atoms with Gasteiger partial charge in [-0.3, -0.25) is 4.79 Å². The highest BCUT2D eigenvalue weighted by Crippen LogP contribution is 2.31. The van der Waals surface area contributed by atoms with Gasteiger partial charge in [-0.15, -0.1) is 0 Å². The molecule has 0 aliphatic rings. The molecule has 3 heteroatoms. The van der Waals surface area contributed by atoms with Crippen LogP contribution in [0.4, 0.5) is 11.4 Å². The number of carbonyl (C=O) groups is 1. The molecular weight excluding hydrogens is 274 g/mol. The topological polar surface area (TPSA) is 40.5 Å². The van der Waals surface area contributed by atoms with Gasteiger partial charge in [0, 0.05) is 11.4 Å². The lowest BCUT2D eigenvalue weighted by atomic mass is 10.1.